The molecule has 3 nitrogen and oxygen atoms in total. The Balaban J connectivity index is 2.77. The molecule has 0 spiro atoms. The molecule has 3 heteroatoms. The Kier molecular flexibility index (Phi) is 2.28. The molecule has 1 aliphatic carbocycles. The first kappa shape index (κ1) is 9.96. The summed E-state index contributed by atoms with van der Waals surface area (Å²) >= 11 is 0. The van der Waals surface area contributed by atoms with Crippen molar-refractivity contribution in [2.45, 2.75) is 20.8 Å². The van der Waals surface area contributed by atoms with Crippen molar-refractivity contribution >= 4 is 12.3 Å². The monoisotopic (exact) mass is 182 g/mol. The molecule has 0 aromatic heterocycles. The van der Waals surface area contributed by atoms with Crippen LogP contribution in [0.5, 0.6) is 0 Å². The Morgan fingerprint density at radius 1 is 1.46 bits per heavy atom. The van der Waals surface area contributed by atoms with Crippen LogP contribution >= 0.6 is 0 Å². The lowest BCUT2D eigenvalue weighted by molar-refractivity contribution is -0.139. The minimum absolute atomic E-state index is 0.00944. The lowest BCUT2D eigenvalue weighted by Crippen LogP contribution is -2.03. The normalized spacial score (nSPS) is 31.2. The largest absolute Gasteiger partial charge is 0.481 e. The number of hydrogen-bond donors (Lipinski definition) is 1. The first-order chi connectivity index (χ1) is 5.91. The molecule has 13 heavy (non-hydrogen) atoms. The van der Waals surface area contributed by atoms with Crippen molar-refractivity contribution in [3.8, 4) is 0 Å². The van der Waals surface area contributed by atoms with Crippen LogP contribution < -0.4 is 0 Å². The molecular formula is C10H14O3. The molecule has 2 atom stereocenters. The van der Waals surface area contributed by atoms with Crippen molar-refractivity contribution in [3.63, 3.8) is 0 Å². The van der Waals surface area contributed by atoms with Gasteiger partial charge in [0.1, 0.15) is 6.29 Å². The second-order valence-corrected chi connectivity index (χ2v) is 4.19. The van der Waals surface area contributed by atoms with E-state index >= 15 is 0 Å². The van der Waals surface area contributed by atoms with Crippen LogP contribution in [-0.4, -0.2) is 17.4 Å². The Labute approximate surface area is 77.4 Å². The number of rotatable bonds is 3. The highest BCUT2D eigenvalue weighted by molar-refractivity contribution is 5.78. The first-order valence-corrected chi connectivity index (χ1v) is 4.27. The van der Waals surface area contributed by atoms with Gasteiger partial charge in [0.05, 0.1) is 5.92 Å². The molecule has 0 aromatic rings. The molecular weight excluding hydrogens is 168 g/mol. The van der Waals surface area contributed by atoms with E-state index in [0.29, 0.717) is 5.57 Å². The summed E-state index contributed by atoms with van der Waals surface area (Å²) in [6, 6.07) is 0. The topological polar surface area (TPSA) is 54.4 Å². The molecule has 72 valence electrons. The molecule has 1 aliphatic rings. The SMILES string of the molecule is CC(C=O)=C[C@@H]1[C@@H](C(=O)O)C1(C)C. The van der Waals surface area contributed by atoms with E-state index in [4.69, 9.17) is 5.11 Å². The maximum absolute atomic E-state index is 10.7. The van der Waals surface area contributed by atoms with Crippen LogP contribution in [0.4, 0.5) is 0 Å². The van der Waals surface area contributed by atoms with Crippen molar-refractivity contribution < 1.29 is 14.7 Å². The van der Waals surface area contributed by atoms with E-state index < -0.39 is 5.97 Å². The fraction of sp³-hybridized carbons (Fsp3) is 0.600. The number of allylic oxidation sites excluding steroid dienone is 2. The third-order valence-corrected chi connectivity index (χ3v) is 2.81. The van der Waals surface area contributed by atoms with Gasteiger partial charge in [0.15, 0.2) is 0 Å². The molecule has 1 rings (SSSR count). The third-order valence-electron chi connectivity index (χ3n) is 2.81. The fourth-order valence-electron chi connectivity index (χ4n) is 1.78. The van der Waals surface area contributed by atoms with Crippen LogP contribution in [0.2, 0.25) is 0 Å². The van der Waals surface area contributed by atoms with Gasteiger partial charge in [-0.05, 0) is 23.8 Å². The number of carbonyl (C=O) groups is 2. The molecule has 1 saturated carbocycles. The highest BCUT2D eigenvalue weighted by Crippen LogP contribution is 2.59. The zero-order valence-electron chi connectivity index (χ0n) is 8.07. The minimum Gasteiger partial charge on any atom is -0.481 e. The molecule has 0 saturated heterocycles. The Morgan fingerprint density at radius 2 is 2.00 bits per heavy atom. The van der Waals surface area contributed by atoms with E-state index in [1.54, 1.807) is 13.0 Å². The van der Waals surface area contributed by atoms with E-state index in [-0.39, 0.29) is 17.3 Å². The maximum atomic E-state index is 10.7. The molecule has 0 aromatic carbocycles. The molecule has 0 unspecified atom stereocenters. The minimum atomic E-state index is -0.773. The van der Waals surface area contributed by atoms with Gasteiger partial charge in [-0.3, -0.25) is 9.59 Å². The number of carboxylic acids is 1. The van der Waals surface area contributed by atoms with Crippen LogP contribution in [-0.2, 0) is 9.59 Å². The summed E-state index contributed by atoms with van der Waals surface area (Å²) in [7, 11) is 0. The van der Waals surface area contributed by atoms with E-state index in [1.807, 2.05) is 13.8 Å². The van der Waals surface area contributed by atoms with Crippen LogP contribution in [0.1, 0.15) is 20.8 Å². The van der Waals surface area contributed by atoms with Gasteiger partial charge in [-0.2, -0.15) is 0 Å². The van der Waals surface area contributed by atoms with Gasteiger partial charge in [0, 0.05) is 0 Å². The fourth-order valence-corrected chi connectivity index (χ4v) is 1.78. The molecule has 0 radical (unpaired) electrons. The number of aldehydes is 1. The van der Waals surface area contributed by atoms with Gasteiger partial charge in [-0.15, -0.1) is 0 Å². The second-order valence-electron chi connectivity index (χ2n) is 4.19. The number of hydrogen-bond acceptors (Lipinski definition) is 2. The number of carboxylic acid groups (broad SMARTS) is 1. The molecule has 0 bridgehead atoms. The van der Waals surface area contributed by atoms with Gasteiger partial charge >= 0.3 is 5.97 Å². The molecule has 0 aliphatic heterocycles. The van der Waals surface area contributed by atoms with Gasteiger partial charge in [-0.25, -0.2) is 0 Å². The summed E-state index contributed by atoms with van der Waals surface area (Å²) in [6.45, 7) is 5.51. The Morgan fingerprint density at radius 3 is 2.31 bits per heavy atom. The number of aliphatic carboxylic acids is 1. The summed E-state index contributed by atoms with van der Waals surface area (Å²) in [5.74, 6) is -1.09. The van der Waals surface area contributed by atoms with E-state index in [9.17, 15) is 9.59 Å². The van der Waals surface area contributed by atoms with Crippen molar-refractivity contribution in [3.05, 3.63) is 11.6 Å². The van der Waals surface area contributed by atoms with E-state index in [2.05, 4.69) is 0 Å². The quantitative estimate of drug-likeness (QED) is 0.531. The zero-order chi connectivity index (χ0) is 10.2. The summed E-state index contributed by atoms with van der Waals surface area (Å²) in [5, 5.41) is 8.83. The highest BCUT2D eigenvalue weighted by Gasteiger charge is 2.60. The molecule has 1 N–H and O–H groups in total. The maximum Gasteiger partial charge on any atom is 0.307 e. The first-order valence-electron chi connectivity index (χ1n) is 4.27. The standard InChI is InChI=1S/C10H14O3/c1-6(5-11)4-7-8(9(12)13)10(7,2)3/h4-5,7-8H,1-3H3,(H,12,13)/t7-,8+/m1/s1. The Hall–Kier alpha value is -1.12. The van der Waals surface area contributed by atoms with Gasteiger partial charge < -0.3 is 5.11 Å². The van der Waals surface area contributed by atoms with Crippen molar-refractivity contribution in [2.75, 3.05) is 0 Å². The van der Waals surface area contributed by atoms with Gasteiger partial charge in [-0.1, -0.05) is 19.9 Å². The predicted octanol–water partition coefficient (Wildman–Crippen LogP) is 1.49. The summed E-state index contributed by atoms with van der Waals surface area (Å²) < 4.78 is 0. The second kappa shape index (κ2) is 2.98. The third kappa shape index (κ3) is 1.64. The summed E-state index contributed by atoms with van der Waals surface area (Å²) in [4.78, 5) is 21.1. The predicted molar refractivity (Wildman–Crippen MR) is 48.2 cm³/mol. The number of carbonyl (C=O) groups excluding carboxylic acids is 1. The summed E-state index contributed by atoms with van der Waals surface area (Å²) in [6.07, 6.45) is 2.51. The van der Waals surface area contributed by atoms with E-state index in [0.717, 1.165) is 6.29 Å². The lowest BCUT2D eigenvalue weighted by atomic mass is 10.1. The van der Waals surface area contributed by atoms with Crippen molar-refractivity contribution in [1.82, 2.24) is 0 Å². The van der Waals surface area contributed by atoms with Crippen molar-refractivity contribution in [2.24, 2.45) is 17.3 Å². The van der Waals surface area contributed by atoms with Crippen LogP contribution in [0.25, 0.3) is 0 Å². The van der Waals surface area contributed by atoms with Crippen LogP contribution in [0.15, 0.2) is 11.6 Å². The van der Waals surface area contributed by atoms with Gasteiger partial charge in [0.25, 0.3) is 0 Å². The van der Waals surface area contributed by atoms with Crippen LogP contribution in [0.3, 0.4) is 0 Å². The average Bonchev–Trinajstić information content (AvgIpc) is 2.53. The highest BCUT2D eigenvalue weighted by atomic mass is 16.4. The average molecular weight is 182 g/mol. The lowest BCUT2D eigenvalue weighted by Gasteiger charge is -1.96. The van der Waals surface area contributed by atoms with Crippen molar-refractivity contribution in [1.29, 1.82) is 0 Å². The molecule has 0 heterocycles. The molecule has 0 amide bonds. The molecule has 1 fully saturated rings. The smallest absolute Gasteiger partial charge is 0.307 e. The van der Waals surface area contributed by atoms with Gasteiger partial charge in [0.2, 0.25) is 0 Å². The Bertz CT molecular complexity index is 276. The van der Waals surface area contributed by atoms with E-state index in [1.165, 1.54) is 0 Å². The summed E-state index contributed by atoms with van der Waals surface area (Å²) in [5.41, 5.74) is 0.414. The van der Waals surface area contributed by atoms with Crippen LogP contribution in [0, 0.1) is 17.3 Å². The zero-order valence-corrected chi connectivity index (χ0v) is 8.07.